The summed E-state index contributed by atoms with van der Waals surface area (Å²) in [4.78, 5) is 12.7. The summed E-state index contributed by atoms with van der Waals surface area (Å²) in [5.74, 6) is -0.274. The van der Waals surface area contributed by atoms with E-state index in [2.05, 4.69) is 5.32 Å². The lowest BCUT2D eigenvalue weighted by Crippen LogP contribution is -2.21. The Morgan fingerprint density at radius 1 is 1.20 bits per heavy atom. The first-order chi connectivity index (χ1) is 9.61. The second-order valence-electron chi connectivity index (χ2n) is 4.31. The van der Waals surface area contributed by atoms with Crippen LogP contribution in [0.3, 0.4) is 0 Å². The molecule has 5 heteroatoms. The van der Waals surface area contributed by atoms with Crippen molar-refractivity contribution in [1.82, 2.24) is 0 Å². The fourth-order valence-corrected chi connectivity index (χ4v) is 3.05. The number of hydrogen-bond donors (Lipinski definition) is 2. The molecular formula is C15H16N2O2S. The Morgan fingerprint density at radius 3 is 2.65 bits per heavy atom. The molecule has 0 saturated heterocycles. The lowest BCUT2D eigenvalue weighted by Gasteiger charge is -2.08. The number of nitrogens with two attached hydrogens (primary N) is 1. The molecule has 0 saturated carbocycles. The van der Waals surface area contributed by atoms with Crippen LogP contribution in [-0.4, -0.2) is 16.7 Å². The molecule has 0 radical (unpaired) electrons. The summed E-state index contributed by atoms with van der Waals surface area (Å²) in [6, 6.07) is 14.5. The predicted octanol–water partition coefficient (Wildman–Crippen LogP) is 2.06. The largest absolute Gasteiger partial charge is 0.325 e. The standard InChI is InChI=1S/C15H16N2O2S/c1-11-5-2-3-8-14(11)20(19)13-7-4-6-12(9-13)17-15(18)10-16/h2-9H,10,16H2,1H3,(H,17,18). The highest BCUT2D eigenvalue weighted by molar-refractivity contribution is 7.85. The minimum absolute atomic E-state index is 0.0783. The second kappa shape index (κ2) is 6.45. The van der Waals surface area contributed by atoms with Crippen molar-refractivity contribution in [2.24, 2.45) is 5.73 Å². The molecule has 0 aliphatic rings. The quantitative estimate of drug-likeness (QED) is 0.904. The van der Waals surface area contributed by atoms with Crippen molar-refractivity contribution in [3.63, 3.8) is 0 Å². The zero-order chi connectivity index (χ0) is 14.5. The smallest absolute Gasteiger partial charge is 0.238 e. The number of carbonyl (C=O) groups excluding carboxylic acids is 1. The Balaban J connectivity index is 2.29. The number of carbonyl (C=O) groups is 1. The van der Waals surface area contributed by atoms with E-state index in [9.17, 15) is 9.00 Å². The van der Waals surface area contributed by atoms with Crippen LogP contribution >= 0.6 is 0 Å². The van der Waals surface area contributed by atoms with Crippen molar-refractivity contribution < 1.29 is 9.00 Å². The highest BCUT2D eigenvalue weighted by Crippen LogP contribution is 2.22. The van der Waals surface area contributed by atoms with Gasteiger partial charge in [0.25, 0.3) is 0 Å². The maximum Gasteiger partial charge on any atom is 0.238 e. The van der Waals surface area contributed by atoms with Crippen LogP contribution in [0.2, 0.25) is 0 Å². The number of aryl methyl sites for hydroxylation is 1. The molecule has 1 amide bonds. The van der Waals surface area contributed by atoms with Crippen LogP contribution < -0.4 is 11.1 Å². The number of amides is 1. The molecule has 2 aromatic carbocycles. The number of nitrogens with one attached hydrogen (secondary N) is 1. The summed E-state index contributed by atoms with van der Waals surface area (Å²) in [7, 11) is -1.27. The van der Waals surface area contributed by atoms with Gasteiger partial charge >= 0.3 is 0 Å². The highest BCUT2D eigenvalue weighted by atomic mass is 32.2. The molecule has 1 unspecified atom stereocenters. The van der Waals surface area contributed by atoms with E-state index in [-0.39, 0.29) is 12.5 Å². The summed E-state index contributed by atoms with van der Waals surface area (Å²) in [5.41, 5.74) is 6.83. The van der Waals surface area contributed by atoms with E-state index in [1.807, 2.05) is 31.2 Å². The highest BCUT2D eigenvalue weighted by Gasteiger charge is 2.10. The molecule has 0 bridgehead atoms. The zero-order valence-electron chi connectivity index (χ0n) is 11.1. The molecule has 0 heterocycles. The van der Waals surface area contributed by atoms with Crippen LogP contribution in [0, 0.1) is 6.92 Å². The maximum absolute atomic E-state index is 12.5. The third-order valence-electron chi connectivity index (χ3n) is 2.81. The average molecular weight is 288 g/mol. The molecule has 0 aromatic heterocycles. The van der Waals surface area contributed by atoms with E-state index in [1.54, 1.807) is 24.3 Å². The number of benzene rings is 2. The van der Waals surface area contributed by atoms with Crippen molar-refractivity contribution in [2.45, 2.75) is 16.7 Å². The molecule has 0 fully saturated rings. The Bertz CT molecular complexity index is 656. The van der Waals surface area contributed by atoms with E-state index in [0.29, 0.717) is 10.6 Å². The summed E-state index contributed by atoms with van der Waals surface area (Å²) in [5, 5.41) is 2.65. The molecule has 2 rings (SSSR count). The second-order valence-corrected chi connectivity index (χ2v) is 5.76. The van der Waals surface area contributed by atoms with E-state index in [4.69, 9.17) is 5.73 Å². The molecule has 0 aliphatic carbocycles. The molecular weight excluding hydrogens is 272 g/mol. The van der Waals surface area contributed by atoms with Gasteiger partial charge in [-0.05, 0) is 36.8 Å². The van der Waals surface area contributed by atoms with Gasteiger partial charge in [0.2, 0.25) is 5.91 Å². The summed E-state index contributed by atoms with van der Waals surface area (Å²) in [6.45, 7) is 1.85. The van der Waals surface area contributed by atoms with E-state index in [0.717, 1.165) is 10.5 Å². The van der Waals surface area contributed by atoms with Gasteiger partial charge in [0, 0.05) is 15.5 Å². The molecule has 1 atom stereocenters. The molecule has 3 N–H and O–H groups in total. The van der Waals surface area contributed by atoms with Crippen LogP contribution in [-0.2, 0) is 15.6 Å². The van der Waals surface area contributed by atoms with Gasteiger partial charge in [0.1, 0.15) is 0 Å². The van der Waals surface area contributed by atoms with Crippen LogP contribution in [0.5, 0.6) is 0 Å². The minimum atomic E-state index is -1.27. The van der Waals surface area contributed by atoms with Crippen LogP contribution in [0.25, 0.3) is 0 Å². The Morgan fingerprint density at radius 2 is 1.95 bits per heavy atom. The summed E-state index contributed by atoms with van der Waals surface area (Å²) < 4.78 is 12.5. The van der Waals surface area contributed by atoms with Crippen molar-refractivity contribution in [1.29, 1.82) is 0 Å². The molecule has 104 valence electrons. The van der Waals surface area contributed by atoms with Gasteiger partial charge in [-0.1, -0.05) is 24.3 Å². The van der Waals surface area contributed by atoms with E-state index < -0.39 is 10.8 Å². The monoisotopic (exact) mass is 288 g/mol. The van der Waals surface area contributed by atoms with Crippen LogP contribution in [0.4, 0.5) is 5.69 Å². The maximum atomic E-state index is 12.5. The molecule has 20 heavy (non-hydrogen) atoms. The van der Waals surface area contributed by atoms with Crippen molar-refractivity contribution in [2.75, 3.05) is 11.9 Å². The first-order valence-corrected chi connectivity index (χ1v) is 7.34. The Hall–Kier alpha value is -1.98. The third-order valence-corrected chi connectivity index (χ3v) is 4.35. The predicted molar refractivity (Wildman–Crippen MR) is 80.0 cm³/mol. The van der Waals surface area contributed by atoms with Crippen LogP contribution in [0.15, 0.2) is 58.3 Å². The number of anilines is 1. The SMILES string of the molecule is Cc1ccccc1S(=O)c1cccc(NC(=O)CN)c1. The first-order valence-electron chi connectivity index (χ1n) is 6.19. The molecule has 0 aliphatic heterocycles. The number of rotatable bonds is 4. The van der Waals surface area contributed by atoms with Crippen LogP contribution in [0.1, 0.15) is 5.56 Å². The van der Waals surface area contributed by atoms with Crippen molar-refractivity contribution in [3.8, 4) is 0 Å². The van der Waals surface area contributed by atoms with Crippen molar-refractivity contribution >= 4 is 22.4 Å². The fourth-order valence-electron chi connectivity index (χ4n) is 1.79. The van der Waals surface area contributed by atoms with Gasteiger partial charge in [-0.3, -0.25) is 4.79 Å². The van der Waals surface area contributed by atoms with Gasteiger partial charge in [-0.25, -0.2) is 4.21 Å². The van der Waals surface area contributed by atoms with Gasteiger partial charge in [0.05, 0.1) is 17.3 Å². The molecule has 0 spiro atoms. The van der Waals surface area contributed by atoms with Crippen molar-refractivity contribution in [3.05, 3.63) is 54.1 Å². The normalized spacial score (nSPS) is 11.9. The Kier molecular flexibility index (Phi) is 4.65. The summed E-state index contributed by atoms with van der Waals surface area (Å²) >= 11 is 0. The number of hydrogen-bond acceptors (Lipinski definition) is 3. The first kappa shape index (κ1) is 14.4. The third kappa shape index (κ3) is 3.31. The Labute approximate surface area is 120 Å². The van der Waals surface area contributed by atoms with E-state index >= 15 is 0 Å². The van der Waals surface area contributed by atoms with E-state index in [1.165, 1.54) is 0 Å². The average Bonchev–Trinajstić information content (AvgIpc) is 2.47. The fraction of sp³-hybridized carbons (Fsp3) is 0.133. The van der Waals surface area contributed by atoms with Gasteiger partial charge < -0.3 is 11.1 Å². The lowest BCUT2D eigenvalue weighted by molar-refractivity contribution is -0.114. The zero-order valence-corrected chi connectivity index (χ0v) is 11.9. The topological polar surface area (TPSA) is 72.2 Å². The molecule has 2 aromatic rings. The minimum Gasteiger partial charge on any atom is -0.325 e. The van der Waals surface area contributed by atoms with Gasteiger partial charge in [0.15, 0.2) is 0 Å². The van der Waals surface area contributed by atoms with Gasteiger partial charge in [-0.15, -0.1) is 0 Å². The summed E-state index contributed by atoms with van der Waals surface area (Å²) in [6.07, 6.45) is 0. The molecule has 4 nitrogen and oxygen atoms in total. The van der Waals surface area contributed by atoms with Gasteiger partial charge in [-0.2, -0.15) is 0 Å². The lowest BCUT2D eigenvalue weighted by atomic mass is 10.2.